The topological polar surface area (TPSA) is 107 Å². The van der Waals surface area contributed by atoms with Crippen molar-refractivity contribution in [1.29, 1.82) is 0 Å². The highest BCUT2D eigenvalue weighted by Gasteiger charge is 2.28. The summed E-state index contributed by atoms with van der Waals surface area (Å²) in [6, 6.07) is 20.6. The van der Waals surface area contributed by atoms with Gasteiger partial charge in [-0.25, -0.2) is 15.0 Å². The molecule has 0 radical (unpaired) electrons. The number of hydrogen-bond acceptors (Lipinski definition) is 6. The molecule has 1 aliphatic carbocycles. The van der Waals surface area contributed by atoms with E-state index >= 15 is 0 Å². The van der Waals surface area contributed by atoms with Gasteiger partial charge in [0.1, 0.15) is 23.3 Å². The third-order valence-electron chi connectivity index (χ3n) is 8.64. The number of benzene rings is 2. The zero-order valence-electron chi connectivity index (χ0n) is 23.0. The molecule has 1 unspecified atom stereocenters. The molecule has 2 aliphatic rings. The van der Waals surface area contributed by atoms with Crippen molar-refractivity contribution in [2.45, 2.75) is 50.5 Å². The Labute approximate surface area is 239 Å². The number of nitrogen functional groups attached to an aromatic ring is 1. The summed E-state index contributed by atoms with van der Waals surface area (Å²) in [6.07, 6.45) is 9.59. The highest BCUT2D eigenvalue weighted by atomic mass is 16.5. The Morgan fingerprint density at radius 3 is 2.59 bits per heavy atom. The van der Waals surface area contributed by atoms with E-state index < -0.39 is 0 Å². The molecule has 208 valence electrons. The number of fused-ring (bicyclic) bond motifs is 2. The van der Waals surface area contributed by atoms with Crippen molar-refractivity contribution in [1.82, 2.24) is 24.7 Å². The van der Waals surface area contributed by atoms with Gasteiger partial charge in [-0.05, 0) is 56.6 Å². The third kappa shape index (κ3) is 5.15. The predicted octanol–water partition coefficient (Wildman–Crippen LogP) is 5.76. The number of imidazole rings is 1. The number of carbonyl (C=O) groups excluding carboxylic acids is 1. The maximum absolute atomic E-state index is 12.3. The Bertz CT molecular complexity index is 1700. The van der Waals surface area contributed by atoms with Gasteiger partial charge in [0.25, 0.3) is 0 Å². The largest absolute Gasteiger partial charge is 0.382 e. The molecule has 2 fully saturated rings. The summed E-state index contributed by atoms with van der Waals surface area (Å²) in [5.41, 5.74) is 12.0. The van der Waals surface area contributed by atoms with Crippen LogP contribution in [0.5, 0.6) is 0 Å². The summed E-state index contributed by atoms with van der Waals surface area (Å²) in [4.78, 5) is 26.8. The van der Waals surface area contributed by atoms with Gasteiger partial charge in [0.15, 0.2) is 0 Å². The van der Waals surface area contributed by atoms with Gasteiger partial charge in [-0.3, -0.25) is 9.20 Å². The van der Waals surface area contributed by atoms with Crippen LogP contribution in [0.15, 0.2) is 73.1 Å². The number of nitrogens with one attached hydrogen (secondary N) is 1. The van der Waals surface area contributed by atoms with Gasteiger partial charge in [-0.2, -0.15) is 0 Å². The number of nitrogens with two attached hydrogens (primary N) is 1. The fourth-order valence-corrected chi connectivity index (χ4v) is 6.29. The van der Waals surface area contributed by atoms with Gasteiger partial charge in [-0.1, -0.05) is 48.5 Å². The van der Waals surface area contributed by atoms with Crippen molar-refractivity contribution >= 4 is 28.1 Å². The third-order valence-corrected chi connectivity index (χ3v) is 8.64. The van der Waals surface area contributed by atoms with E-state index in [1.165, 1.54) is 0 Å². The Morgan fingerprint density at radius 2 is 1.78 bits per heavy atom. The smallest absolute Gasteiger partial charge is 0.249 e. The number of amides is 1. The lowest BCUT2D eigenvalue weighted by Crippen LogP contribution is -2.37. The molecule has 4 heterocycles. The van der Waals surface area contributed by atoms with Gasteiger partial charge >= 0.3 is 0 Å². The number of rotatable bonds is 6. The molecular formula is C33H34N6O2. The molecule has 1 amide bonds. The molecular weight excluding hydrogens is 512 g/mol. The van der Waals surface area contributed by atoms with Crippen LogP contribution in [0.3, 0.4) is 0 Å². The van der Waals surface area contributed by atoms with Gasteiger partial charge in [0.05, 0.1) is 23.1 Å². The number of hydrogen-bond donors (Lipinski definition) is 2. The van der Waals surface area contributed by atoms with Crippen molar-refractivity contribution in [3.05, 3.63) is 78.9 Å². The zero-order valence-corrected chi connectivity index (χ0v) is 23.0. The van der Waals surface area contributed by atoms with E-state index in [-0.39, 0.29) is 12.0 Å². The number of nitrogens with zero attached hydrogens (tertiary/aromatic N) is 4. The summed E-state index contributed by atoms with van der Waals surface area (Å²) >= 11 is 0. The Kier molecular flexibility index (Phi) is 6.84. The van der Waals surface area contributed by atoms with E-state index in [2.05, 4.69) is 58.4 Å². The van der Waals surface area contributed by atoms with E-state index in [9.17, 15) is 4.79 Å². The first kappa shape index (κ1) is 25.7. The molecule has 1 aliphatic heterocycles. The Balaban J connectivity index is 1.10. The fourth-order valence-electron chi connectivity index (χ4n) is 6.29. The normalized spacial score (nSPS) is 20.9. The standard InChI is InChI=1S/C33H34N6O2/c34-31-29-19-35-32(24-10-8-21(9-11-24)18-36-33(40)30-7-4-16-41-30)39(29)20-28(38-31)25-13-12-23-14-15-26(37-27(23)17-25)22-5-2-1-3-6-22/h1-3,5-6,12-15,17,19-21,24,30H,4,7-11,16,18H2,(H2,34,38)(H,36,40)/t21-,24-,30?. The molecule has 1 saturated heterocycles. The van der Waals surface area contributed by atoms with Crippen LogP contribution >= 0.6 is 0 Å². The molecule has 0 spiro atoms. The van der Waals surface area contributed by atoms with Crippen LogP contribution in [-0.4, -0.2) is 44.5 Å². The van der Waals surface area contributed by atoms with Gasteiger partial charge in [-0.15, -0.1) is 0 Å². The highest BCUT2D eigenvalue weighted by molar-refractivity contribution is 5.86. The first-order valence-corrected chi connectivity index (χ1v) is 14.6. The van der Waals surface area contributed by atoms with Crippen LogP contribution in [0.4, 0.5) is 5.82 Å². The van der Waals surface area contributed by atoms with E-state index in [1.807, 2.05) is 24.4 Å². The lowest BCUT2D eigenvalue weighted by molar-refractivity contribution is -0.130. The number of pyridine rings is 1. The quantitative estimate of drug-likeness (QED) is 0.280. The molecule has 3 aromatic heterocycles. The number of carbonyl (C=O) groups is 1. The first-order chi connectivity index (χ1) is 20.1. The maximum Gasteiger partial charge on any atom is 0.249 e. The van der Waals surface area contributed by atoms with Crippen LogP contribution in [0.1, 0.15) is 50.3 Å². The highest BCUT2D eigenvalue weighted by Crippen LogP contribution is 2.36. The Hall–Kier alpha value is -4.30. The van der Waals surface area contributed by atoms with Crippen LogP contribution in [0.2, 0.25) is 0 Å². The second kappa shape index (κ2) is 10.9. The molecule has 5 aromatic rings. The summed E-state index contributed by atoms with van der Waals surface area (Å²) in [5, 5.41) is 4.20. The SMILES string of the molecule is Nc1nc(-c2ccc3ccc(-c4ccccc4)nc3c2)cn2c1cnc2[C@H]1CC[C@H](CNC(=O)C2CCCO2)CC1. The molecule has 1 atom stereocenters. The second-order valence-corrected chi connectivity index (χ2v) is 11.3. The zero-order chi connectivity index (χ0) is 27.8. The van der Waals surface area contributed by atoms with Crippen molar-refractivity contribution in [3.63, 3.8) is 0 Å². The van der Waals surface area contributed by atoms with Crippen molar-refractivity contribution < 1.29 is 9.53 Å². The van der Waals surface area contributed by atoms with Crippen molar-refractivity contribution in [3.8, 4) is 22.5 Å². The fraction of sp³-hybridized carbons (Fsp3) is 0.333. The average molecular weight is 547 g/mol. The van der Waals surface area contributed by atoms with Crippen LogP contribution in [0, 0.1) is 5.92 Å². The summed E-state index contributed by atoms with van der Waals surface area (Å²) < 4.78 is 7.64. The minimum Gasteiger partial charge on any atom is -0.382 e. The molecule has 3 N–H and O–H groups in total. The average Bonchev–Trinajstić information content (AvgIpc) is 3.71. The molecule has 2 aromatic carbocycles. The molecule has 7 rings (SSSR count). The van der Waals surface area contributed by atoms with Gasteiger partial charge in [0.2, 0.25) is 5.91 Å². The van der Waals surface area contributed by atoms with E-state index in [0.717, 1.165) is 89.8 Å². The molecule has 41 heavy (non-hydrogen) atoms. The van der Waals surface area contributed by atoms with E-state index in [1.54, 1.807) is 0 Å². The summed E-state index contributed by atoms with van der Waals surface area (Å²) in [6.45, 7) is 1.41. The summed E-state index contributed by atoms with van der Waals surface area (Å²) in [7, 11) is 0. The number of aromatic nitrogens is 4. The van der Waals surface area contributed by atoms with Crippen LogP contribution in [-0.2, 0) is 9.53 Å². The lowest BCUT2D eigenvalue weighted by atomic mass is 9.81. The predicted molar refractivity (Wildman–Crippen MR) is 160 cm³/mol. The molecule has 8 heteroatoms. The molecule has 0 bridgehead atoms. The van der Waals surface area contributed by atoms with E-state index in [4.69, 9.17) is 25.4 Å². The van der Waals surface area contributed by atoms with Gasteiger partial charge < -0.3 is 15.8 Å². The molecule has 8 nitrogen and oxygen atoms in total. The maximum atomic E-state index is 12.3. The van der Waals surface area contributed by atoms with E-state index in [0.29, 0.717) is 24.3 Å². The minimum atomic E-state index is -0.264. The minimum absolute atomic E-state index is 0.0413. The number of anilines is 1. The second-order valence-electron chi connectivity index (χ2n) is 11.3. The lowest BCUT2D eigenvalue weighted by Gasteiger charge is -2.28. The molecule has 1 saturated carbocycles. The van der Waals surface area contributed by atoms with Crippen LogP contribution in [0.25, 0.3) is 38.9 Å². The first-order valence-electron chi connectivity index (χ1n) is 14.6. The Morgan fingerprint density at radius 1 is 0.951 bits per heavy atom. The monoisotopic (exact) mass is 546 g/mol. The van der Waals surface area contributed by atoms with Crippen LogP contribution < -0.4 is 11.1 Å². The summed E-state index contributed by atoms with van der Waals surface area (Å²) in [5.74, 6) is 2.36. The van der Waals surface area contributed by atoms with Crippen molar-refractivity contribution in [2.24, 2.45) is 5.92 Å². The van der Waals surface area contributed by atoms with Crippen molar-refractivity contribution in [2.75, 3.05) is 18.9 Å². The van der Waals surface area contributed by atoms with Gasteiger partial charge in [0, 0.05) is 41.8 Å². The number of ether oxygens (including phenoxy) is 1.